The van der Waals surface area contributed by atoms with Gasteiger partial charge < -0.3 is 19.4 Å². The maximum atomic E-state index is 12.9. The number of amides is 1. The molecule has 204 valence electrons. The van der Waals surface area contributed by atoms with Gasteiger partial charge in [0.15, 0.2) is 11.0 Å². The Morgan fingerprint density at radius 2 is 1.89 bits per heavy atom. The Kier molecular flexibility index (Phi) is 9.38. The molecule has 4 rings (SSSR count). The van der Waals surface area contributed by atoms with Gasteiger partial charge in [0, 0.05) is 16.4 Å². The number of halogens is 1. The zero-order valence-corrected chi connectivity index (χ0v) is 24.7. The first-order chi connectivity index (χ1) is 18.2. The molecular weight excluding hydrogens is 544 g/mol. The Hall–Kier alpha value is -2.56. The molecule has 11 heteroatoms. The maximum Gasteiger partial charge on any atom is 0.341 e. The minimum atomic E-state index is -0.371. The minimum absolute atomic E-state index is 0.135. The van der Waals surface area contributed by atoms with Crippen molar-refractivity contribution in [3.8, 4) is 5.75 Å². The van der Waals surface area contributed by atoms with Gasteiger partial charge in [-0.2, -0.15) is 0 Å². The largest absolute Gasteiger partial charge is 0.486 e. The van der Waals surface area contributed by atoms with E-state index in [1.807, 2.05) is 51.3 Å². The first-order valence-corrected chi connectivity index (χ1v) is 15.0. The normalized spacial score (nSPS) is 12.9. The molecule has 0 fully saturated rings. The van der Waals surface area contributed by atoms with E-state index in [1.54, 1.807) is 0 Å². The van der Waals surface area contributed by atoms with Crippen molar-refractivity contribution in [1.82, 2.24) is 14.8 Å². The molecule has 1 aliphatic carbocycles. The molecule has 1 N–H and O–H groups in total. The van der Waals surface area contributed by atoms with Crippen LogP contribution in [-0.2, 0) is 35.5 Å². The Morgan fingerprint density at radius 1 is 1.18 bits per heavy atom. The van der Waals surface area contributed by atoms with Crippen molar-refractivity contribution in [2.75, 3.05) is 11.1 Å². The van der Waals surface area contributed by atoms with Crippen LogP contribution >= 0.6 is 34.7 Å². The zero-order valence-electron chi connectivity index (χ0n) is 22.4. The molecule has 0 spiro atoms. The number of thioether (sulfide) groups is 1. The summed E-state index contributed by atoms with van der Waals surface area (Å²) in [5.74, 6) is 0.946. The van der Waals surface area contributed by atoms with Gasteiger partial charge in [0.05, 0.1) is 17.4 Å². The molecular formula is C27H33ClN4O4S2. The quantitative estimate of drug-likeness (QED) is 0.221. The van der Waals surface area contributed by atoms with E-state index in [4.69, 9.17) is 21.1 Å². The van der Waals surface area contributed by atoms with Gasteiger partial charge in [-0.3, -0.25) is 4.79 Å². The van der Waals surface area contributed by atoms with Gasteiger partial charge >= 0.3 is 5.97 Å². The molecule has 1 aliphatic rings. The van der Waals surface area contributed by atoms with Gasteiger partial charge in [0.1, 0.15) is 17.4 Å². The van der Waals surface area contributed by atoms with Gasteiger partial charge in [-0.25, -0.2) is 4.79 Å². The fraction of sp³-hybridized carbons (Fsp3) is 0.481. The maximum absolute atomic E-state index is 12.9. The molecule has 8 nitrogen and oxygen atoms in total. The van der Waals surface area contributed by atoms with Crippen LogP contribution in [-0.4, -0.2) is 38.5 Å². The summed E-state index contributed by atoms with van der Waals surface area (Å²) in [6, 6.07) is 3.80. The second kappa shape index (κ2) is 12.5. The minimum Gasteiger partial charge on any atom is -0.486 e. The molecule has 2 aromatic heterocycles. The number of esters is 1. The van der Waals surface area contributed by atoms with Crippen molar-refractivity contribution in [3.05, 3.63) is 50.1 Å². The Morgan fingerprint density at radius 3 is 2.58 bits per heavy atom. The van der Waals surface area contributed by atoms with E-state index in [1.165, 1.54) is 23.1 Å². The molecule has 0 aliphatic heterocycles. The molecule has 38 heavy (non-hydrogen) atoms. The lowest BCUT2D eigenvalue weighted by molar-refractivity contribution is -0.113. The highest BCUT2D eigenvalue weighted by Gasteiger charge is 2.28. The van der Waals surface area contributed by atoms with Gasteiger partial charge in [0.25, 0.3) is 0 Å². The Balaban J connectivity index is 1.41. The van der Waals surface area contributed by atoms with Crippen LogP contribution in [0.3, 0.4) is 0 Å². The molecule has 0 saturated carbocycles. The molecule has 0 unspecified atom stereocenters. The molecule has 0 radical (unpaired) electrons. The average molecular weight is 577 g/mol. The van der Waals surface area contributed by atoms with E-state index in [9.17, 15) is 9.59 Å². The number of carbonyl (C=O) groups is 2. The third kappa shape index (κ3) is 6.52. The lowest BCUT2D eigenvalue weighted by Crippen LogP contribution is -2.19. The van der Waals surface area contributed by atoms with Crippen molar-refractivity contribution < 1.29 is 19.1 Å². The Bertz CT molecular complexity index is 1310. The van der Waals surface area contributed by atoms with E-state index in [0.717, 1.165) is 52.3 Å². The third-order valence-electron chi connectivity index (χ3n) is 6.19. The average Bonchev–Trinajstić information content (AvgIpc) is 3.44. The summed E-state index contributed by atoms with van der Waals surface area (Å²) in [6.45, 7) is 10.4. The molecule has 2 heterocycles. The number of hydrogen-bond donors (Lipinski definition) is 1. The van der Waals surface area contributed by atoms with Gasteiger partial charge in [-0.1, -0.05) is 23.4 Å². The second-order valence-corrected chi connectivity index (χ2v) is 11.9. The number of benzene rings is 1. The van der Waals surface area contributed by atoms with Crippen LogP contribution in [0, 0.1) is 13.8 Å². The van der Waals surface area contributed by atoms with Crippen LogP contribution in [0.15, 0.2) is 17.3 Å². The molecule has 0 bridgehead atoms. The lowest BCUT2D eigenvalue weighted by Gasteiger charge is -2.14. The first-order valence-electron chi connectivity index (χ1n) is 12.8. The predicted octanol–water partition coefficient (Wildman–Crippen LogP) is 6.38. The van der Waals surface area contributed by atoms with E-state index in [-0.39, 0.29) is 30.3 Å². The highest BCUT2D eigenvalue weighted by atomic mass is 35.5. The smallest absolute Gasteiger partial charge is 0.341 e. The monoisotopic (exact) mass is 576 g/mol. The number of anilines is 1. The summed E-state index contributed by atoms with van der Waals surface area (Å²) >= 11 is 9.05. The van der Waals surface area contributed by atoms with Crippen LogP contribution in [0.25, 0.3) is 0 Å². The predicted molar refractivity (Wildman–Crippen MR) is 152 cm³/mol. The van der Waals surface area contributed by atoms with Crippen LogP contribution < -0.4 is 10.1 Å². The second-order valence-electron chi connectivity index (χ2n) is 9.51. The summed E-state index contributed by atoms with van der Waals surface area (Å²) in [4.78, 5) is 27.0. The van der Waals surface area contributed by atoms with E-state index in [0.29, 0.717) is 33.8 Å². The summed E-state index contributed by atoms with van der Waals surface area (Å²) in [5, 5.41) is 13.5. The molecule has 1 amide bonds. The fourth-order valence-electron chi connectivity index (χ4n) is 4.42. The number of fused-ring (bicyclic) bond motifs is 1. The van der Waals surface area contributed by atoms with Crippen LogP contribution in [0.2, 0.25) is 5.02 Å². The number of aryl methyl sites for hydroxylation is 3. The highest BCUT2D eigenvalue weighted by Crippen LogP contribution is 2.39. The summed E-state index contributed by atoms with van der Waals surface area (Å²) in [5.41, 5.74) is 3.44. The number of rotatable bonds is 10. The standard InChI is InChI=1S/C27H33ClN4O4S2/c1-6-32-21(13-35-18-11-16(4)24(28)17(5)12-18)30-31-27(32)37-14-22(33)29-25-23(26(34)36-15(2)3)19-9-7-8-10-20(19)38-25/h11-12,15H,6-10,13-14H2,1-5H3,(H,29,33). The molecule has 1 aromatic carbocycles. The van der Waals surface area contributed by atoms with Crippen LogP contribution in [0.1, 0.15) is 71.4 Å². The highest BCUT2D eigenvalue weighted by molar-refractivity contribution is 7.99. The summed E-state index contributed by atoms with van der Waals surface area (Å²) < 4.78 is 13.4. The number of thiophene rings is 1. The van der Waals surface area contributed by atoms with Gasteiger partial charge in [-0.05, 0) is 89.1 Å². The zero-order chi connectivity index (χ0) is 27.4. The van der Waals surface area contributed by atoms with Crippen molar-refractivity contribution in [3.63, 3.8) is 0 Å². The molecule has 0 saturated heterocycles. The number of aromatic nitrogens is 3. The van der Waals surface area contributed by atoms with Crippen LogP contribution in [0.5, 0.6) is 5.75 Å². The topological polar surface area (TPSA) is 95.3 Å². The SMILES string of the molecule is CCn1c(COc2cc(C)c(Cl)c(C)c2)nnc1SCC(=O)Nc1sc2c(c1C(=O)OC(C)C)CCCC2. The third-order valence-corrected chi connectivity index (χ3v) is 8.96. The van der Waals surface area contributed by atoms with Crippen molar-refractivity contribution in [1.29, 1.82) is 0 Å². The van der Waals surface area contributed by atoms with Crippen molar-refractivity contribution in [2.45, 2.75) is 84.7 Å². The van der Waals surface area contributed by atoms with Gasteiger partial charge in [-0.15, -0.1) is 21.5 Å². The number of hydrogen-bond acceptors (Lipinski definition) is 8. The summed E-state index contributed by atoms with van der Waals surface area (Å²) in [7, 11) is 0. The molecule has 3 aromatic rings. The fourth-order valence-corrected chi connectivity index (χ4v) is 6.65. The van der Waals surface area contributed by atoms with Crippen molar-refractivity contribution >= 4 is 51.6 Å². The Labute approximate surface area is 236 Å². The van der Waals surface area contributed by atoms with E-state index in [2.05, 4.69) is 15.5 Å². The lowest BCUT2D eigenvalue weighted by atomic mass is 9.95. The van der Waals surface area contributed by atoms with Crippen LogP contribution in [0.4, 0.5) is 5.00 Å². The number of ether oxygens (including phenoxy) is 2. The molecule has 0 atom stereocenters. The van der Waals surface area contributed by atoms with Gasteiger partial charge in [0.2, 0.25) is 5.91 Å². The van der Waals surface area contributed by atoms with E-state index < -0.39 is 0 Å². The first kappa shape index (κ1) is 28.4. The number of carbonyl (C=O) groups excluding carboxylic acids is 2. The number of nitrogens with one attached hydrogen (secondary N) is 1. The number of nitrogens with zero attached hydrogens (tertiary/aromatic N) is 3. The van der Waals surface area contributed by atoms with E-state index >= 15 is 0 Å². The summed E-state index contributed by atoms with van der Waals surface area (Å²) in [6.07, 6.45) is 3.65. The van der Waals surface area contributed by atoms with Crippen molar-refractivity contribution in [2.24, 2.45) is 0 Å².